The van der Waals surface area contributed by atoms with E-state index in [0.29, 0.717) is 0 Å². The lowest BCUT2D eigenvalue weighted by atomic mass is 9.62. The number of hydrogen-bond donors (Lipinski definition) is 0. The van der Waals surface area contributed by atoms with Crippen LogP contribution in [0.1, 0.15) is 22.3 Å². The van der Waals surface area contributed by atoms with Crippen molar-refractivity contribution in [1.82, 2.24) is 4.57 Å². The molecule has 5 aromatic carbocycles. The number of hydrogen-bond acceptors (Lipinski definition) is 1. The standard InChI is InChI=1S/C31H19NO/c1-5-16-26-20(10-1)21-11-9-15-25-30(21)32(26)27-17-6-2-12-22(27)31(25)23-13-3-7-18-28(23)33-29-19-8-4-14-24(29)31/h1-19H. The number of benzene rings is 5. The second-order valence-electron chi connectivity index (χ2n) is 8.92. The molecule has 0 bridgehead atoms. The zero-order valence-electron chi connectivity index (χ0n) is 17.8. The van der Waals surface area contributed by atoms with E-state index in [2.05, 4.69) is 120 Å². The first-order valence-electron chi connectivity index (χ1n) is 11.4. The number of rotatable bonds is 0. The van der Waals surface area contributed by atoms with Gasteiger partial charge in [-0.05, 0) is 35.4 Å². The van der Waals surface area contributed by atoms with Crippen molar-refractivity contribution in [3.8, 4) is 17.2 Å². The molecule has 8 rings (SSSR count). The second kappa shape index (κ2) is 5.93. The quantitative estimate of drug-likeness (QED) is 0.246. The molecule has 0 fully saturated rings. The van der Waals surface area contributed by atoms with Gasteiger partial charge in [-0.15, -0.1) is 0 Å². The molecule has 0 aliphatic carbocycles. The molecule has 154 valence electrons. The SMILES string of the molecule is c1ccc2c(c1)Oc1ccccc1C21c2ccccc2-n2c3ccccc3c3cccc1c32. The van der Waals surface area contributed by atoms with Gasteiger partial charge in [-0.25, -0.2) is 0 Å². The van der Waals surface area contributed by atoms with E-state index in [1.54, 1.807) is 0 Å². The maximum atomic E-state index is 6.46. The Hall–Kier alpha value is -4.30. The van der Waals surface area contributed by atoms with Crippen LogP contribution in [0.15, 0.2) is 115 Å². The lowest BCUT2D eigenvalue weighted by molar-refractivity contribution is 0.434. The summed E-state index contributed by atoms with van der Waals surface area (Å²) in [6.07, 6.45) is 0. The highest BCUT2D eigenvalue weighted by Crippen LogP contribution is 2.60. The van der Waals surface area contributed by atoms with Crippen LogP contribution in [-0.4, -0.2) is 4.57 Å². The Bertz CT molecular complexity index is 1710. The van der Waals surface area contributed by atoms with Gasteiger partial charge in [0.25, 0.3) is 0 Å². The molecule has 0 amide bonds. The third kappa shape index (κ3) is 1.92. The lowest BCUT2D eigenvalue weighted by Gasteiger charge is -2.44. The molecule has 0 atom stereocenters. The molecule has 3 heterocycles. The summed E-state index contributed by atoms with van der Waals surface area (Å²) in [5.74, 6) is 1.85. The average Bonchev–Trinajstić information content (AvgIpc) is 3.22. The maximum absolute atomic E-state index is 6.46. The summed E-state index contributed by atoms with van der Waals surface area (Å²) in [5, 5.41) is 2.58. The van der Waals surface area contributed by atoms with E-state index in [1.165, 1.54) is 49.7 Å². The largest absolute Gasteiger partial charge is 0.457 e. The van der Waals surface area contributed by atoms with Crippen LogP contribution >= 0.6 is 0 Å². The van der Waals surface area contributed by atoms with E-state index in [1.807, 2.05) is 0 Å². The Morgan fingerprint density at radius 2 is 1.06 bits per heavy atom. The molecule has 0 N–H and O–H groups in total. The Morgan fingerprint density at radius 3 is 1.85 bits per heavy atom. The average molecular weight is 421 g/mol. The molecule has 0 saturated heterocycles. The molecule has 1 spiro atoms. The van der Waals surface area contributed by atoms with Crippen LogP contribution in [0.4, 0.5) is 0 Å². The lowest BCUT2D eigenvalue weighted by Crippen LogP contribution is -2.37. The molecule has 2 nitrogen and oxygen atoms in total. The fourth-order valence-electron chi connectivity index (χ4n) is 6.28. The van der Waals surface area contributed by atoms with Crippen LogP contribution in [0.2, 0.25) is 0 Å². The van der Waals surface area contributed by atoms with Crippen molar-refractivity contribution in [1.29, 1.82) is 0 Å². The first-order valence-corrected chi connectivity index (χ1v) is 11.4. The zero-order valence-corrected chi connectivity index (χ0v) is 17.8. The Kier molecular flexibility index (Phi) is 3.11. The van der Waals surface area contributed by atoms with Gasteiger partial charge in [0.05, 0.1) is 22.1 Å². The zero-order chi connectivity index (χ0) is 21.6. The highest BCUT2D eigenvalue weighted by molar-refractivity contribution is 6.12. The summed E-state index contributed by atoms with van der Waals surface area (Å²) in [5.41, 5.74) is 8.29. The minimum atomic E-state index is -0.452. The summed E-state index contributed by atoms with van der Waals surface area (Å²) in [6, 6.07) is 41.5. The molecule has 33 heavy (non-hydrogen) atoms. The molecule has 2 aliphatic rings. The molecule has 6 aromatic rings. The van der Waals surface area contributed by atoms with Crippen molar-refractivity contribution in [3.05, 3.63) is 138 Å². The van der Waals surface area contributed by atoms with Gasteiger partial charge >= 0.3 is 0 Å². The van der Waals surface area contributed by atoms with E-state index in [4.69, 9.17) is 4.74 Å². The number of aromatic nitrogens is 1. The predicted octanol–water partition coefficient (Wildman–Crippen LogP) is 7.59. The number of fused-ring (bicyclic) bond motifs is 11. The van der Waals surface area contributed by atoms with Gasteiger partial charge in [0.2, 0.25) is 0 Å². The monoisotopic (exact) mass is 421 g/mol. The molecular weight excluding hydrogens is 402 g/mol. The Morgan fingerprint density at radius 1 is 0.485 bits per heavy atom. The van der Waals surface area contributed by atoms with Gasteiger partial charge in [0.15, 0.2) is 0 Å². The first-order chi connectivity index (χ1) is 16.4. The van der Waals surface area contributed by atoms with E-state index in [-0.39, 0.29) is 0 Å². The third-order valence-electron chi connectivity index (χ3n) is 7.45. The third-order valence-corrected chi connectivity index (χ3v) is 7.45. The second-order valence-corrected chi connectivity index (χ2v) is 8.92. The molecule has 0 unspecified atom stereocenters. The van der Waals surface area contributed by atoms with Gasteiger partial charge in [-0.3, -0.25) is 0 Å². The molecule has 0 saturated carbocycles. The summed E-state index contributed by atoms with van der Waals surface area (Å²) >= 11 is 0. The van der Waals surface area contributed by atoms with Crippen LogP contribution in [-0.2, 0) is 5.41 Å². The smallest absolute Gasteiger partial charge is 0.132 e. The molecule has 2 aliphatic heterocycles. The number of para-hydroxylation sites is 5. The van der Waals surface area contributed by atoms with Crippen molar-refractivity contribution < 1.29 is 4.74 Å². The number of ether oxygens (including phenoxy) is 1. The highest BCUT2D eigenvalue weighted by Gasteiger charge is 2.49. The minimum Gasteiger partial charge on any atom is -0.457 e. The molecule has 0 radical (unpaired) electrons. The van der Waals surface area contributed by atoms with Crippen molar-refractivity contribution in [2.45, 2.75) is 5.41 Å². The summed E-state index contributed by atoms with van der Waals surface area (Å²) in [4.78, 5) is 0. The van der Waals surface area contributed by atoms with E-state index >= 15 is 0 Å². The summed E-state index contributed by atoms with van der Waals surface area (Å²) in [6.45, 7) is 0. The van der Waals surface area contributed by atoms with Gasteiger partial charge in [-0.1, -0.05) is 91.0 Å². The summed E-state index contributed by atoms with van der Waals surface area (Å²) < 4.78 is 8.92. The minimum absolute atomic E-state index is 0.452. The van der Waals surface area contributed by atoms with Crippen LogP contribution < -0.4 is 4.74 Å². The van der Waals surface area contributed by atoms with Crippen molar-refractivity contribution in [2.24, 2.45) is 0 Å². The molecule has 2 heteroatoms. The fourth-order valence-corrected chi connectivity index (χ4v) is 6.28. The van der Waals surface area contributed by atoms with Crippen LogP contribution in [0.25, 0.3) is 27.5 Å². The van der Waals surface area contributed by atoms with Gasteiger partial charge in [0, 0.05) is 21.9 Å². The van der Waals surface area contributed by atoms with Crippen molar-refractivity contribution in [2.75, 3.05) is 0 Å². The van der Waals surface area contributed by atoms with E-state index in [0.717, 1.165) is 11.5 Å². The van der Waals surface area contributed by atoms with Crippen LogP contribution in [0.5, 0.6) is 11.5 Å². The highest BCUT2D eigenvalue weighted by atomic mass is 16.5. The molecule has 1 aromatic heterocycles. The van der Waals surface area contributed by atoms with Gasteiger partial charge in [-0.2, -0.15) is 0 Å². The maximum Gasteiger partial charge on any atom is 0.132 e. The first kappa shape index (κ1) is 17.3. The Balaban J connectivity index is 1.70. The Labute approximate surface area is 191 Å². The normalized spacial score (nSPS) is 14.5. The van der Waals surface area contributed by atoms with Crippen molar-refractivity contribution in [3.63, 3.8) is 0 Å². The molecular formula is C31H19NO. The van der Waals surface area contributed by atoms with Gasteiger partial charge < -0.3 is 9.30 Å². The number of nitrogens with zero attached hydrogens (tertiary/aromatic N) is 1. The fraction of sp³-hybridized carbons (Fsp3) is 0.0323. The van der Waals surface area contributed by atoms with Crippen LogP contribution in [0, 0.1) is 0 Å². The topological polar surface area (TPSA) is 14.2 Å². The van der Waals surface area contributed by atoms with Crippen LogP contribution in [0.3, 0.4) is 0 Å². The summed E-state index contributed by atoms with van der Waals surface area (Å²) in [7, 11) is 0. The van der Waals surface area contributed by atoms with E-state index in [9.17, 15) is 0 Å². The van der Waals surface area contributed by atoms with Gasteiger partial charge in [0.1, 0.15) is 11.5 Å². The van der Waals surface area contributed by atoms with Crippen molar-refractivity contribution >= 4 is 21.8 Å². The predicted molar refractivity (Wildman–Crippen MR) is 133 cm³/mol. The van der Waals surface area contributed by atoms with E-state index < -0.39 is 5.41 Å².